The Hall–Kier alpha value is -3.10. The first-order valence-electron chi connectivity index (χ1n) is 7.71. The fourth-order valence-electron chi connectivity index (χ4n) is 1.65. The Morgan fingerprint density at radius 3 is 2.08 bits per heavy atom. The fraction of sp³-hybridized carbons (Fsp3) is 0.412. The summed E-state index contributed by atoms with van der Waals surface area (Å²) in [5.74, 6) is -1.57. The largest absolute Gasteiger partial charge is 0.453 e. The van der Waals surface area contributed by atoms with E-state index in [-0.39, 0.29) is 5.56 Å². The van der Waals surface area contributed by atoms with Crippen molar-refractivity contribution in [1.82, 2.24) is 5.32 Å². The van der Waals surface area contributed by atoms with Crippen molar-refractivity contribution in [3.05, 3.63) is 29.8 Å². The molecule has 0 radical (unpaired) electrons. The number of nitrogens with one attached hydrogen (secondary N) is 2. The van der Waals surface area contributed by atoms with Gasteiger partial charge in [0, 0.05) is 5.69 Å². The summed E-state index contributed by atoms with van der Waals surface area (Å²) < 4.78 is 14.4. The third-order valence-corrected chi connectivity index (χ3v) is 2.83. The summed E-state index contributed by atoms with van der Waals surface area (Å²) in [5, 5.41) is 4.42. The summed E-state index contributed by atoms with van der Waals surface area (Å²) in [6.45, 7) is 6.53. The van der Waals surface area contributed by atoms with Crippen LogP contribution in [0, 0.1) is 0 Å². The van der Waals surface area contributed by atoms with Crippen molar-refractivity contribution in [2.24, 2.45) is 0 Å². The van der Waals surface area contributed by atoms with Gasteiger partial charge in [-0.2, -0.15) is 0 Å². The summed E-state index contributed by atoms with van der Waals surface area (Å²) in [6.07, 6.45) is -2.77. The molecule has 0 unspecified atom stereocenters. The highest BCUT2D eigenvalue weighted by Gasteiger charge is 2.21. The lowest BCUT2D eigenvalue weighted by molar-refractivity contribution is -0.128. The molecule has 0 aromatic heterocycles. The van der Waals surface area contributed by atoms with Gasteiger partial charge < -0.3 is 14.2 Å². The highest BCUT2D eigenvalue weighted by Crippen LogP contribution is 2.14. The van der Waals surface area contributed by atoms with Crippen LogP contribution in [0.4, 0.5) is 15.3 Å². The first-order valence-corrected chi connectivity index (χ1v) is 7.71. The van der Waals surface area contributed by atoms with Crippen LogP contribution < -0.4 is 10.6 Å². The maximum absolute atomic E-state index is 12.0. The Labute approximate surface area is 151 Å². The normalized spacial score (nSPS) is 11.7. The van der Waals surface area contributed by atoms with E-state index in [4.69, 9.17) is 9.47 Å². The topological polar surface area (TPSA) is 120 Å². The van der Waals surface area contributed by atoms with Crippen LogP contribution >= 0.6 is 0 Å². The number of rotatable bonds is 4. The second kappa shape index (κ2) is 8.84. The van der Waals surface area contributed by atoms with Crippen molar-refractivity contribution in [2.45, 2.75) is 39.4 Å². The molecule has 0 saturated heterocycles. The summed E-state index contributed by atoms with van der Waals surface area (Å²) in [4.78, 5) is 46.3. The Morgan fingerprint density at radius 1 is 1.00 bits per heavy atom. The van der Waals surface area contributed by atoms with Crippen LogP contribution in [0.5, 0.6) is 0 Å². The highest BCUT2D eigenvalue weighted by atomic mass is 16.6. The van der Waals surface area contributed by atoms with E-state index in [0.717, 1.165) is 7.11 Å². The van der Waals surface area contributed by atoms with Gasteiger partial charge in [-0.05, 0) is 52.0 Å². The third kappa shape index (κ3) is 7.20. The van der Waals surface area contributed by atoms with E-state index in [1.165, 1.54) is 31.2 Å². The van der Waals surface area contributed by atoms with Gasteiger partial charge >= 0.3 is 18.2 Å². The fourth-order valence-corrected chi connectivity index (χ4v) is 1.65. The quantitative estimate of drug-likeness (QED) is 0.620. The molecule has 9 heteroatoms. The number of imide groups is 1. The predicted octanol–water partition coefficient (Wildman–Crippen LogP) is 2.46. The molecular formula is C17H22N2O7. The summed E-state index contributed by atoms with van der Waals surface area (Å²) in [6, 6.07) is 5.80. The summed E-state index contributed by atoms with van der Waals surface area (Å²) in [7, 11) is 1.10. The predicted molar refractivity (Wildman–Crippen MR) is 91.7 cm³/mol. The number of esters is 1. The number of anilines is 1. The molecule has 1 rings (SSSR count). The zero-order chi connectivity index (χ0) is 19.9. The molecule has 26 heavy (non-hydrogen) atoms. The van der Waals surface area contributed by atoms with Crippen LogP contribution in [-0.4, -0.2) is 42.9 Å². The van der Waals surface area contributed by atoms with Gasteiger partial charge in [-0.1, -0.05) is 0 Å². The minimum atomic E-state index is -1.19. The minimum absolute atomic E-state index is 0.164. The molecule has 2 N–H and O–H groups in total. The van der Waals surface area contributed by atoms with Gasteiger partial charge in [-0.15, -0.1) is 0 Å². The molecule has 0 aliphatic carbocycles. The van der Waals surface area contributed by atoms with E-state index in [0.29, 0.717) is 5.69 Å². The van der Waals surface area contributed by atoms with Crippen LogP contribution in [0.1, 0.15) is 38.1 Å². The number of carbonyl (C=O) groups excluding carboxylic acids is 4. The lowest BCUT2D eigenvalue weighted by atomic mass is 10.2. The second-order valence-corrected chi connectivity index (χ2v) is 6.23. The molecule has 0 heterocycles. The number of ether oxygens (including phenoxy) is 3. The molecule has 1 atom stereocenters. The van der Waals surface area contributed by atoms with Gasteiger partial charge in [0.15, 0.2) is 6.10 Å². The van der Waals surface area contributed by atoms with Crippen molar-refractivity contribution in [1.29, 1.82) is 0 Å². The van der Waals surface area contributed by atoms with Crippen LogP contribution in [0.15, 0.2) is 24.3 Å². The molecule has 142 valence electrons. The monoisotopic (exact) mass is 366 g/mol. The number of amides is 3. The third-order valence-electron chi connectivity index (χ3n) is 2.83. The molecule has 1 aromatic rings. The van der Waals surface area contributed by atoms with E-state index in [2.05, 4.69) is 10.1 Å². The smallest absolute Gasteiger partial charge is 0.413 e. The van der Waals surface area contributed by atoms with Crippen LogP contribution in [-0.2, 0) is 19.0 Å². The Bertz CT molecular complexity index is 677. The van der Waals surface area contributed by atoms with E-state index >= 15 is 0 Å². The first kappa shape index (κ1) is 20.9. The highest BCUT2D eigenvalue weighted by molar-refractivity contribution is 5.97. The van der Waals surface area contributed by atoms with Gasteiger partial charge in [-0.25, -0.2) is 14.4 Å². The van der Waals surface area contributed by atoms with Gasteiger partial charge in [0.2, 0.25) is 0 Å². The second-order valence-electron chi connectivity index (χ2n) is 6.23. The Balaban J connectivity index is 2.62. The first-order chi connectivity index (χ1) is 12.0. The number of carbonyl (C=O) groups is 4. The Morgan fingerprint density at radius 2 is 1.58 bits per heavy atom. The van der Waals surface area contributed by atoms with Gasteiger partial charge in [0.05, 0.1) is 12.7 Å². The molecule has 3 amide bonds. The SMILES string of the molecule is COC(=O)NC(=O)[C@@H](C)OC(=O)c1ccc(NC(=O)OC(C)(C)C)cc1. The number of hydrogen-bond donors (Lipinski definition) is 2. The number of hydrogen-bond acceptors (Lipinski definition) is 7. The average Bonchev–Trinajstić information content (AvgIpc) is 2.53. The zero-order valence-corrected chi connectivity index (χ0v) is 15.2. The van der Waals surface area contributed by atoms with E-state index in [1.54, 1.807) is 20.8 Å². The van der Waals surface area contributed by atoms with Crippen LogP contribution in [0.2, 0.25) is 0 Å². The standard InChI is InChI=1S/C17H22N2O7/c1-10(13(20)19-15(22)24-5)25-14(21)11-6-8-12(9-7-11)18-16(23)26-17(2,3)4/h6-10H,1-5H3,(H,18,23)(H,19,20,22)/t10-/m1/s1. The molecule has 0 aliphatic rings. The van der Waals surface area contributed by atoms with E-state index < -0.39 is 35.8 Å². The van der Waals surface area contributed by atoms with Crippen molar-refractivity contribution >= 4 is 29.8 Å². The number of benzene rings is 1. The van der Waals surface area contributed by atoms with Crippen LogP contribution in [0.3, 0.4) is 0 Å². The molecule has 0 saturated carbocycles. The van der Waals surface area contributed by atoms with Crippen molar-refractivity contribution < 1.29 is 33.4 Å². The summed E-state index contributed by atoms with van der Waals surface area (Å²) >= 11 is 0. The molecule has 0 aliphatic heterocycles. The van der Waals surface area contributed by atoms with E-state index in [9.17, 15) is 19.2 Å². The van der Waals surface area contributed by atoms with Crippen molar-refractivity contribution in [2.75, 3.05) is 12.4 Å². The Kier molecular flexibility index (Phi) is 7.12. The van der Waals surface area contributed by atoms with Crippen LogP contribution in [0.25, 0.3) is 0 Å². The minimum Gasteiger partial charge on any atom is -0.453 e. The van der Waals surface area contributed by atoms with Crippen molar-refractivity contribution in [3.63, 3.8) is 0 Å². The molecule has 1 aromatic carbocycles. The lowest BCUT2D eigenvalue weighted by Crippen LogP contribution is -2.39. The van der Waals surface area contributed by atoms with Crippen molar-refractivity contribution in [3.8, 4) is 0 Å². The molecular weight excluding hydrogens is 344 g/mol. The molecule has 0 spiro atoms. The van der Waals surface area contributed by atoms with Gasteiger partial charge in [0.25, 0.3) is 5.91 Å². The molecule has 9 nitrogen and oxygen atoms in total. The van der Waals surface area contributed by atoms with E-state index in [1.807, 2.05) is 5.32 Å². The zero-order valence-electron chi connectivity index (χ0n) is 15.2. The number of alkyl carbamates (subject to hydrolysis) is 1. The maximum atomic E-state index is 12.0. The molecule has 0 fully saturated rings. The lowest BCUT2D eigenvalue weighted by Gasteiger charge is -2.19. The number of methoxy groups -OCH3 is 1. The maximum Gasteiger partial charge on any atom is 0.413 e. The summed E-state index contributed by atoms with van der Waals surface area (Å²) in [5.41, 5.74) is -0.0425. The van der Waals surface area contributed by atoms with Gasteiger partial charge in [0.1, 0.15) is 5.60 Å². The average molecular weight is 366 g/mol. The van der Waals surface area contributed by atoms with Gasteiger partial charge in [-0.3, -0.25) is 15.4 Å². The molecule has 0 bridgehead atoms.